The summed E-state index contributed by atoms with van der Waals surface area (Å²) in [5.41, 5.74) is 12.8. The number of benzene rings is 7. The Morgan fingerprint density at radius 3 is 1.79 bits per heavy atom. The van der Waals surface area contributed by atoms with Crippen molar-refractivity contribution in [2.45, 2.75) is 12.8 Å². The maximum atomic E-state index is 9.58. The third-order valence-electron chi connectivity index (χ3n) is 10.6. The number of allylic oxidation sites excluding steroid dienone is 4. The van der Waals surface area contributed by atoms with Crippen molar-refractivity contribution in [2.75, 3.05) is 0 Å². The molecule has 0 fully saturated rings. The van der Waals surface area contributed by atoms with E-state index in [1.54, 1.807) is 0 Å². The van der Waals surface area contributed by atoms with E-state index in [0.29, 0.717) is 23.0 Å². The molecular formula is C52H34N4S. The van der Waals surface area contributed by atoms with Crippen LogP contribution in [0.25, 0.3) is 93.0 Å². The van der Waals surface area contributed by atoms with Crippen LogP contribution in [0.3, 0.4) is 0 Å². The van der Waals surface area contributed by atoms with Gasteiger partial charge in [0.15, 0.2) is 17.5 Å². The highest BCUT2D eigenvalue weighted by Gasteiger charge is 2.21. The van der Waals surface area contributed by atoms with Crippen LogP contribution in [0.4, 0.5) is 0 Å². The highest BCUT2D eigenvalue weighted by Crippen LogP contribution is 2.49. The summed E-state index contributed by atoms with van der Waals surface area (Å²) >= 11 is 1.84. The fourth-order valence-corrected chi connectivity index (χ4v) is 9.16. The Bertz CT molecular complexity index is 3050. The summed E-state index contributed by atoms with van der Waals surface area (Å²) in [5.74, 6) is 2.03. The molecule has 0 unspecified atom stereocenters. The van der Waals surface area contributed by atoms with Gasteiger partial charge in [0.1, 0.15) is 0 Å². The van der Waals surface area contributed by atoms with Crippen LogP contribution in [0.15, 0.2) is 182 Å². The third kappa shape index (κ3) is 6.53. The largest absolute Gasteiger partial charge is 0.209 e. The highest BCUT2D eigenvalue weighted by molar-refractivity contribution is 7.27. The van der Waals surface area contributed by atoms with Crippen molar-refractivity contribution in [1.29, 1.82) is 5.26 Å². The van der Waals surface area contributed by atoms with E-state index in [0.717, 1.165) is 51.8 Å². The summed E-state index contributed by atoms with van der Waals surface area (Å²) in [6.07, 6.45) is 8.24. The van der Waals surface area contributed by atoms with Crippen molar-refractivity contribution in [3.05, 3.63) is 193 Å². The Morgan fingerprint density at radius 2 is 1.09 bits per heavy atom. The van der Waals surface area contributed by atoms with Crippen molar-refractivity contribution in [1.82, 2.24) is 15.0 Å². The SMILES string of the molecule is N#Cc1ccc(-c2ccc(-c3cccc(-c4nc(C5=CC=CCC5)nc(-c5ccccc5)n4)c3)c3c2sc2c(-c4ccccc4)cc(-c4ccccc4)cc23)cc1. The van der Waals surface area contributed by atoms with E-state index in [4.69, 9.17) is 15.0 Å². The fourth-order valence-electron chi connectivity index (χ4n) is 7.78. The molecular weight excluding hydrogens is 713 g/mol. The van der Waals surface area contributed by atoms with Crippen molar-refractivity contribution in [2.24, 2.45) is 0 Å². The van der Waals surface area contributed by atoms with Gasteiger partial charge in [-0.2, -0.15) is 5.26 Å². The molecule has 0 saturated carbocycles. The molecule has 0 saturated heterocycles. The third-order valence-corrected chi connectivity index (χ3v) is 11.9. The second-order valence-corrected chi connectivity index (χ2v) is 15.2. The van der Waals surface area contributed by atoms with Crippen molar-refractivity contribution < 1.29 is 0 Å². The van der Waals surface area contributed by atoms with E-state index in [9.17, 15) is 5.26 Å². The first-order valence-electron chi connectivity index (χ1n) is 19.1. The minimum atomic E-state index is 0.645. The van der Waals surface area contributed by atoms with Crippen LogP contribution in [0.1, 0.15) is 24.2 Å². The molecule has 1 aliphatic carbocycles. The molecule has 2 aromatic heterocycles. The molecule has 1 aliphatic rings. The van der Waals surface area contributed by atoms with Gasteiger partial charge in [0.05, 0.1) is 11.6 Å². The van der Waals surface area contributed by atoms with Crippen LogP contribution >= 0.6 is 11.3 Å². The Labute approximate surface area is 335 Å². The first-order valence-corrected chi connectivity index (χ1v) is 19.9. The second kappa shape index (κ2) is 14.8. The summed E-state index contributed by atoms with van der Waals surface area (Å²) in [4.78, 5) is 15.2. The van der Waals surface area contributed by atoms with Crippen LogP contribution in [0.5, 0.6) is 0 Å². The molecule has 7 aromatic carbocycles. The molecule has 0 aliphatic heterocycles. The van der Waals surface area contributed by atoms with Crippen LogP contribution in [-0.4, -0.2) is 15.0 Å². The normalized spacial score (nSPS) is 12.4. The van der Waals surface area contributed by atoms with Gasteiger partial charge in [-0.15, -0.1) is 11.3 Å². The molecule has 0 atom stereocenters. The Kier molecular flexibility index (Phi) is 8.87. The number of hydrogen-bond acceptors (Lipinski definition) is 5. The molecule has 0 bridgehead atoms. The highest BCUT2D eigenvalue weighted by atomic mass is 32.1. The van der Waals surface area contributed by atoms with Crippen LogP contribution < -0.4 is 0 Å². The lowest BCUT2D eigenvalue weighted by Crippen LogP contribution is -2.03. The van der Waals surface area contributed by atoms with E-state index in [-0.39, 0.29) is 0 Å². The molecule has 10 rings (SSSR count). The monoisotopic (exact) mass is 746 g/mol. The molecule has 0 N–H and O–H groups in total. The molecule has 0 spiro atoms. The van der Waals surface area contributed by atoms with Gasteiger partial charge >= 0.3 is 0 Å². The predicted octanol–water partition coefficient (Wildman–Crippen LogP) is 13.8. The molecule has 4 nitrogen and oxygen atoms in total. The maximum absolute atomic E-state index is 9.58. The summed E-state index contributed by atoms with van der Waals surface area (Å²) in [6.45, 7) is 0. The predicted molar refractivity (Wildman–Crippen MR) is 236 cm³/mol. The van der Waals surface area contributed by atoms with E-state index in [2.05, 4.69) is 158 Å². The Morgan fingerprint density at radius 1 is 0.474 bits per heavy atom. The molecule has 0 amide bonds. The van der Waals surface area contributed by atoms with Crippen molar-refractivity contribution in [3.63, 3.8) is 0 Å². The van der Waals surface area contributed by atoms with E-state index in [1.165, 1.54) is 42.4 Å². The second-order valence-electron chi connectivity index (χ2n) is 14.2. The number of rotatable bonds is 7. The number of hydrogen-bond donors (Lipinski definition) is 0. The minimum Gasteiger partial charge on any atom is -0.209 e. The van der Waals surface area contributed by atoms with Gasteiger partial charge in [-0.05, 0) is 87.7 Å². The molecule has 268 valence electrons. The summed E-state index contributed by atoms with van der Waals surface area (Å²) < 4.78 is 2.44. The van der Waals surface area contributed by atoms with Gasteiger partial charge < -0.3 is 0 Å². The molecule has 57 heavy (non-hydrogen) atoms. The van der Waals surface area contributed by atoms with Crippen molar-refractivity contribution >= 4 is 37.1 Å². The minimum absolute atomic E-state index is 0.645. The van der Waals surface area contributed by atoms with Crippen LogP contribution in [0, 0.1) is 11.3 Å². The lowest BCUT2D eigenvalue weighted by Gasteiger charge is -2.13. The standard InChI is InChI=1S/C52H34N4S/c53-33-34-24-26-37(27-25-34)44-29-28-43(47-46-32-42(35-14-5-1-6-15-35)31-45(48(46)57-49(44)47)36-16-7-2-8-17-36)40-22-13-23-41(30-40)52-55-50(38-18-9-3-10-19-38)54-51(56-52)39-20-11-4-12-21-39/h1-11,13-20,22-32H,12,21H2. The number of aromatic nitrogens is 3. The van der Waals surface area contributed by atoms with E-state index < -0.39 is 0 Å². The van der Waals surface area contributed by atoms with Gasteiger partial charge in [0.25, 0.3) is 0 Å². The zero-order valence-electron chi connectivity index (χ0n) is 30.9. The number of fused-ring (bicyclic) bond motifs is 3. The molecule has 5 heteroatoms. The Balaban J connectivity index is 1.22. The molecule has 0 radical (unpaired) electrons. The van der Waals surface area contributed by atoms with Gasteiger partial charge in [0, 0.05) is 36.9 Å². The summed E-state index contributed by atoms with van der Waals surface area (Å²) in [5, 5.41) is 12.0. The topological polar surface area (TPSA) is 62.5 Å². The summed E-state index contributed by atoms with van der Waals surface area (Å²) in [7, 11) is 0. The van der Waals surface area contributed by atoms with E-state index in [1.807, 2.05) is 41.7 Å². The van der Waals surface area contributed by atoms with Gasteiger partial charge in [-0.1, -0.05) is 152 Å². The maximum Gasteiger partial charge on any atom is 0.164 e. The van der Waals surface area contributed by atoms with Gasteiger partial charge in [-0.25, -0.2) is 15.0 Å². The number of nitrogens with zero attached hydrogens (tertiary/aromatic N) is 4. The lowest BCUT2D eigenvalue weighted by atomic mass is 9.91. The van der Waals surface area contributed by atoms with Gasteiger partial charge in [0.2, 0.25) is 0 Å². The summed E-state index contributed by atoms with van der Waals surface area (Å²) in [6, 6.07) is 59.5. The number of thiophene rings is 1. The first-order chi connectivity index (χ1) is 28.2. The quantitative estimate of drug-likeness (QED) is 0.163. The fraction of sp³-hybridized carbons (Fsp3) is 0.0385. The lowest BCUT2D eigenvalue weighted by molar-refractivity contribution is 0.978. The zero-order chi connectivity index (χ0) is 38.1. The van der Waals surface area contributed by atoms with Gasteiger partial charge in [-0.3, -0.25) is 0 Å². The average molecular weight is 747 g/mol. The van der Waals surface area contributed by atoms with E-state index >= 15 is 0 Å². The smallest absolute Gasteiger partial charge is 0.164 e. The zero-order valence-corrected chi connectivity index (χ0v) is 31.7. The average Bonchev–Trinajstić information content (AvgIpc) is 3.69. The van der Waals surface area contributed by atoms with Crippen LogP contribution in [-0.2, 0) is 0 Å². The molecule has 2 heterocycles. The van der Waals surface area contributed by atoms with Crippen molar-refractivity contribution in [3.8, 4) is 73.4 Å². The van der Waals surface area contributed by atoms with Crippen LogP contribution in [0.2, 0.25) is 0 Å². The first kappa shape index (κ1) is 34.2. The Hall–Kier alpha value is -7.26. The number of nitriles is 1. The molecule has 9 aromatic rings.